The lowest BCUT2D eigenvalue weighted by molar-refractivity contribution is -0.140. The van der Waals surface area contributed by atoms with Crippen molar-refractivity contribution >= 4 is 23.2 Å². The summed E-state index contributed by atoms with van der Waals surface area (Å²) in [6.45, 7) is 6.58. The first-order chi connectivity index (χ1) is 10.0. The van der Waals surface area contributed by atoms with Crippen molar-refractivity contribution in [2.75, 3.05) is 6.54 Å². The number of thiophene rings is 1. The van der Waals surface area contributed by atoms with Gasteiger partial charge in [-0.25, -0.2) is 0 Å². The van der Waals surface area contributed by atoms with Gasteiger partial charge in [0.2, 0.25) is 11.8 Å². The van der Waals surface area contributed by atoms with Gasteiger partial charge in [0, 0.05) is 23.9 Å². The zero-order valence-electron chi connectivity index (χ0n) is 13.0. The molecule has 1 N–H and O–H groups in total. The Kier molecular flexibility index (Phi) is 5.04. The van der Waals surface area contributed by atoms with Crippen molar-refractivity contribution in [2.45, 2.75) is 58.0 Å². The molecule has 0 bridgehead atoms. The molecule has 1 atom stereocenters. The Morgan fingerprint density at radius 1 is 1.38 bits per heavy atom. The number of hydrogen-bond acceptors (Lipinski definition) is 3. The lowest BCUT2D eigenvalue weighted by atomic mass is 9.91. The van der Waals surface area contributed by atoms with Gasteiger partial charge in [0.25, 0.3) is 0 Å². The second-order valence-electron chi connectivity index (χ2n) is 5.72. The van der Waals surface area contributed by atoms with Crippen LogP contribution in [0.1, 0.15) is 44.9 Å². The van der Waals surface area contributed by atoms with Crippen LogP contribution < -0.4 is 5.32 Å². The molecule has 1 fully saturated rings. The zero-order valence-corrected chi connectivity index (χ0v) is 13.8. The summed E-state index contributed by atoms with van der Waals surface area (Å²) in [6.07, 6.45) is 2.51. The monoisotopic (exact) mass is 308 g/mol. The van der Waals surface area contributed by atoms with E-state index < -0.39 is 5.54 Å². The quantitative estimate of drug-likeness (QED) is 0.909. The van der Waals surface area contributed by atoms with Crippen LogP contribution in [0.25, 0.3) is 0 Å². The Morgan fingerprint density at radius 3 is 2.67 bits per heavy atom. The van der Waals surface area contributed by atoms with E-state index in [1.807, 2.05) is 31.7 Å². The number of carbonyl (C=O) groups is 2. The highest BCUT2D eigenvalue weighted by molar-refractivity contribution is 7.09. The Balaban J connectivity index is 2.19. The summed E-state index contributed by atoms with van der Waals surface area (Å²) in [5.74, 6) is 0.0561. The van der Waals surface area contributed by atoms with Gasteiger partial charge in [0.05, 0.1) is 0 Å². The maximum absolute atomic E-state index is 13.0. The van der Waals surface area contributed by atoms with Crippen molar-refractivity contribution in [3.8, 4) is 0 Å². The molecule has 0 aliphatic carbocycles. The zero-order chi connectivity index (χ0) is 15.5. The van der Waals surface area contributed by atoms with E-state index in [1.165, 1.54) is 4.88 Å². The third kappa shape index (κ3) is 3.28. The minimum atomic E-state index is -0.725. The van der Waals surface area contributed by atoms with Crippen molar-refractivity contribution in [3.63, 3.8) is 0 Å². The Bertz CT molecular complexity index is 494. The molecular formula is C16H24N2O2S. The van der Waals surface area contributed by atoms with Crippen LogP contribution >= 0.6 is 11.3 Å². The third-order valence-corrected chi connectivity index (χ3v) is 5.38. The number of rotatable bonds is 5. The van der Waals surface area contributed by atoms with E-state index in [0.717, 1.165) is 6.42 Å². The summed E-state index contributed by atoms with van der Waals surface area (Å²) in [5.41, 5.74) is -0.725. The fourth-order valence-corrected chi connectivity index (χ4v) is 3.66. The first-order valence-electron chi connectivity index (χ1n) is 7.67. The van der Waals surface area contributed by atoms with Crippen molar-refractivity contribution < 1.29 is 9.59 Å². The highest BCUT2D eigenvalue weighted by atomic mass is 32.1. The van der Waals surface area contributed by atoms with Gasteiger partial charge in [-0.15, -0.1) is 11.3 Å². The first kappa shape index (κ1) is 16.0. The fraction of sp³-hybridized carbons (Fsp3) is 0.625. The van der Waals surface area contributed by atoms with E-state index in [-0.39, 0.29) is 17.9 Å². The smallest absolute Gasteiger partial charge is 0.248 e. The molecule has 2 rings (SSSR count). The predicted octanol–water partition coefficient (Wildman–Crippen LogP) is 2.59. The van der Waals surface area contributed by atoms with Gasteiger partial charge in [-0.3, -0.25) is 9.59 Å². The molecule has 4 nitrogen and oxygen atoms in total. The lowest BCUT2D eigenvalue weighted by Crippen LogP contribution is -2.57. The normalized spacial score (nSPS) is 22.0. The lowest BCUT2D eigenvalue weighted by Gasteiger charge is -2.35. The SMILES string of the molecule is CCC1(CC)NC(=O)CC(C)N(CCc2cccs2)C1=O. The van der Waals surface area contributed by atoms with Crippen LogP contribution in [-0.2, 0) is 16.0 Å². The molecule has 0 spiro atoms. The molecule has 2 heterocycles. The summed E-state index contributed by atoms with van der Waals surface area (Å²) in [6, 6.07) is 4.08. The maximum atomic E-state index is 13.0. The Morgan fingerprint density at radius 2 is 2.10 bits per heavy atom. The van der Waals surface area contributed by atoms with Crippen LogP contribution in [-0.4, -0.2) is 34.8 Å². The van der Waals surface area contributed by atoms with Crippen LogP contribution in [0.15, 0.2) is 17.5 Å². The minimum absolute atomic E-state index is 0.0156. The van der Waals surface area contributed by atoms with E-state index in [0.29, 0.717) is 25.8 Å². The van der Waals surface area contributed by atoms with E-state index >= 15 is 0 Å². The Labute approximate surface area is 130 Å². The molecule has 2 amide bonds. The Hall–Kier alpha value is -1.36. The molecule has 0 radical (unpaired) electrons. The molecule has 1 aliphatic heterocycles. The highest BCUT2D eigenvalue weighted by Crippen LogP contribution is 2.25. The number of nitrogens with one attached hydrogen (secondary N) is 1. The summed E-state index contributed by atoms with van der Waals surface area (Å²) < 4.78 is 0. The topological polar surface area (TPSA) is 49.4 Å². The van der Waals surface area contributed by atoms with Crippen molar-refractivity contribution in [3.05, 3.63) is 22.4 Å². The van der Waals surface area contributed by atoms with Crippen LogP contribution in [0.2, 0.25) is 0 Å². The van der Waals surface area contributed by atoms with Crippen LogP contribution in [0.5, 0.6) is 0 Å². The highest BCUT2D eigenvalue weighted by Gasteiger charge is 2.43. The van der Waals surface area contributed by atoms with Crippen molar-refractivity contribution in [1.29, 1.82) is 0 Å². The van der Waals surface area contributed by atoms with Crippen molar-refractivity contribution in [2.24, 2.45) is 0 Å². The van der Waals surface area contributed by atoms with Crippen LogP contribution in [0.3, 0.4) is 0 Å². The molecule has 116 valence electrons. The molecule has 1 unspecified atom stereocenters. The largest absolute Gasteiger partial charge is 0.342 e. The van der Waals surface area contributed by atoms with Gasteiger partial charge in [-0.05, 0) is 37.6 Å². The van der Waals surface area contributed by atoms with Gasteiger partial charge in [0.15, 0.2) is 0 Å². The predicted molar refractivity (Wildman–Crippen MR) is 85.3 cm³/mol. The molecule has 0 aromatic carbocycles. The van der Waals surface area contributed by atoms with Gasteiger partial charge in [-0.1, -0.05) is 19.9 Å². The fourth-order valence-electron chi connectivity index (χ4n) is 2.96. The maximum Gasteiger partial charge on any atom is 0.248 e. The van der Waals surface area contributed by atoms with Crippen molar-refractivity contribution in [1.82, 2.24) is 10.2 Å². The summed E-state index contributed by atoms with van der Waals surface area (Å²) in [4.78, 5) is 28.2. The number of hydrogen-bond donors (Lipinski definition) is 1. The standard InChI is InChI=1S/C16H24N2O2S/c1-4-16(5-2)15(20)18(12(3)11-14(19)17-16)9-8-13-7-6-10-21-13/h6-7,10,12H,4-5,8-9,11H2,1-3H3,(H,17,19). The molecule has 1 saturated heterocycles. The molecule has 1 aromatic heterocycles. The van der Waals surface area contributed by atoms with Crippen LogP contribution in [0.4, 0.5) is 0 Å². The van der Waals surface area contributed by atoms with Gasteiger partial charge < -0.3 is 10.2 Å². The molecular weight excluding hydrogens is 284 g/mol. The molecule has 21 heavy (non-hydrogen) atoms. The summed E-state index contributed by atoms with van der Waals surface area (Å²) >= 11 is 1.71. The minimum Gasteiger partial charge on any atom is -0.342 e. The van der Waals surface area contributed by atoms with E-state index in [1.54, 1.807) is 11.3 Å². The number of nitrogens with zero attached hydrogens (tertiary/aromatic N) is 1. The van der Waals surface area contributed by atoms with E-state index in [9.17, 15) is 9.59 Å². The van der Waals surface area contributed by atoms with Gasteiger partial charge in [-0.2, -0.15) is 0 Å². The molecule has 0 saturated carbocycles. The molecule has 1 aromatic rings. The van der Waals surface area contributed by atoms with Gasteiger partial charge >= 0.3 is 0 Å². The van der Waals surface area contributed by atoms with E-state index in [4.69, 9.17) is 0 Å². The summed E-state index contributed by atoms with van der Waals surface area (Å²) in [5, 5.41) is 5.02. The third-order valence-electron chi connectivity index (χ3n) is 4.45. The first-order valence-corrected chi connectivity index (χ1v) is 8.55. The van der Waals surface area contributed by atoms with Gasteiger partial charge in [0.1, 0.15) is 5.54 Å². The van der Waals surface area contributed by atoms with E-state index in [2.05, 4.69) is 16.8 Å². The average Bonchev–Trinajstić information content (AvgIpc) is 2.95. The summed E-state index contributed by atoms with van der Waals surface area (Å²) in [7, 11) is 0. The molecule has 5 heteroatoms. The number of amides is 2. The average molecular weight is 308 g/mol. The second-order valence-corrected chi connectivity index (χ2v) is 6.75. The molecule has 1 aliphatic rings. The van der Waals surface area contributed by atoms with Crippen LogP contribution in [0, 0.1) is 0 Å². The second kappa shape index (κ2) is 6.60. The number of carbonyl (C=O) groups excluding carboxylic acids is 2.